The Morgan fingerprint density at radius 1 is 1.15 bits per heavy atom. The Morgan fingerprint density at radius 2 is 1.89 bits per heavy atom. The number of carbonyl (C=O) groups excluding carboxylic acids is 2. The fourth-order valence-corrected chi connectivity index (χ4v) is 2.57. The minimum absolute atomic E-state index is 0.0659. The maximum absolute atomic E-state index is 12.2. The molecule has 1 atom stereocenters. The van der Waals surface area contributed by atoms with Crippen LogP contribution in [0.4, 0.5) is 10.5 Å². The molecule has 0 unspecified atom stereocenters. The van der Waals surface area contributed by atoms with Crippen molar-refractivity contribution in [1.82, 2.24) is 20.5 Å². The van der Waals surface area contributed by atoms with Crippen molar-refractivity contribution in [2.24, 2.45) is 0 Å². The number of carbonyl (C=O) groups is 2. The number of ketones is 1. The van der Waals surface area contributed by atoms with Crippen molar-refractivity contribution in [3.63, 3.8) is 0 Å². The van der Waals surface area contributed by atoms with Crippen molar-refractivity contribution >= 4 is 29.1 Å². The zero-order valence-electron chi connectivity index (χ0n) is 14.8. The lowest BCUT2D eigenvalue weighted by atomic mass is 10.1. The number of benzene rings is 2. The molecule has 3 rings (SSSR count). The number of aromatic nitrogens is 3. The first-order valence-electron chi connectivity index (χ1n) is 8.29. The van der Waals surface area contributed by atoms with Crippen LogP contribution in [0.5, 0.6) is 0 Å². The average molecular weight is 384 g/mol. The second kappa shape index (κ2) is 8.01. The fraction of sp³-hybridized carbons (Fsp3) is 0.158. The SMILES string of the molecule is CC(=O)c1cccc(NC(=O)N[C@H](C)c2nc(-c3ccc(Cl)cc3)n[nH]2)c1. The molecule has 3 aromatic rings. The third-order valence-corrected chi connectivity index (χ3v) is 4.14. The zero-order chi connectivity index (χ0) is 19.4. The lowest BCUT2D eigenvalue weighted by Gasteiger charge is -2.12. The normalized spacial score (nSPS) is 11.7. The molecule has 2 amide bonds. The average Bonchev–Trinajstić information content (AvgIpc) is 3.12. The standard InChI is InChI=1S/C19H18ClN5O2/c1-11(17-23-18(25-24-17)13-6-8-15(20)9-7-13)21-19(27)22-16-5-3-4-14(10-16)12(2)26/h3-11H,1-2H3,(H2,21,22,27)(H,23,24,25)/t11-/m1/s1. The van der Waals surface area contributed by atoms with Gasteiger partial charge in [-0.1, -0.05) is 23.7 Å². The number of halogens is 1. The number of nitrogens with one attached hydrogen (secondary N) is 3. The molecule has 0 saturated carbocycles. The maximum atomic E-state index is 12.2. The van der Waals surface area contributed by atoms with Gasteiger partial charge in [-0.2, -0.15) is 5.10 Å². The zero-order valence-corrected chi connectivity index (χ0v) is 15.5. The van der Waals surface area contributed by atoms with E-state index in [1.165, 1.54) is 6.92 Å². The molecule has 0 aliphatic rings. The number of rotatable bonds is 5. The minimum atomic E-state index is -0.410. The number of aromatic amines is 1. The van der Waals surface area contributed by atoms with Crippen LogP contribution in [0.3, 0.4) is 0 Å². The molecule has 0 fully saturated rings. The van der Waals surface area contributed by atoms with E-state index in [1.807, 2.05) is 12.1 Å². The van der Waals surface area contributed by atoms with E-state index in [0.717, 1.165) is 5.56 Å². The van der Waals surface area contributed by atoms with Gasteiger partial charge in [-0.05, 0) is 50.2 Å². The van der Waals surface area contributed by atoms with E-state index >= 15 is 0 Å². The van der Waals surface area contributed by atoms with E-state index in [0.29, 0.717) is 27.9 Å². The summed E-state index contributed by atoms with van der Waals surface area (Å²) in [4.78, 5) is 28.0. The topological polar surface area (TPSA) is 99.8 Å². The molecule has 1 aromatic heterocycles. The molecule has 8 heteroatoms. The molecule has 0 spiro atoms. The second-order valence-corrected chi connectivity index (χ2v) is 6.44. The highest BCUT2D eigenvalue weighted by Gasteiger charge is 2.15. The first-order valence-corrected chi connectivity index (χ1v) is 8.67. The predicted molar refractivity (Wildman–Crippen MR) is 104 cm³/mol. The van der Waals surface area contributed by atoms with Crippen molar-refractivity contribution < 1.29 is 9.59 Å². The highest BCUT2D eigenvalue weighted by atomic mass is 35.5. The smallest absolute Gasteiger partial charge is 0.319 e. The van der Waals surface area contributed by atoms with Gasteiger partial charge in [-0.3, -0.25) is 9.89 Å². The molecule has 138 valence electrons. The number of Topliss-reactive ketones (excluding diaryl/α,β-unsaturated/α-hetero) is 1. The van der Waals surface area contributed by atoms with Gasteiger partial charge >= 0.3 is 6.03 Å². The maximum Gasteiger partial charge on any atom is 0.319 e. The quantitative estimate of drug-likeness (QED) is 0.574. The summed E-state index contributed by atoms with van der Waals surface area (Å²) < 4.78 is 0. The summed E-state index contributed by atoms with van der Waals surface area (Å²) in [7, 11) is 0. The number of anilines is 1. The number of H-pyrrole nitrogens is 1. The summed E-state index contributed by atoms with van der Waals surface area (Å²) in [6.07, 6.45) is 0. The van der Waals surface area contributed by atoms with E-state index in [1.54, 1.807) is 43.3 Å². The number of hydrogen-bond donors (Lipinski definition) is 3. The Labute approximate surface area is 161 Å². The Hall–Kier alpha value is -3.19. The van der Waals surface area contributed by atoms with Gasteiger partial charge in [0.2, 0.25) is 0 Å². The van der Waals surface area contributed by atoms with Crippen LogP contribution < -0.4 is 10.6 Å². The predicted octanol–water partition coefficient (Wildman–Crippen LogP) is 4.21. The molecule has 27 heavy (non-hydrogen) atoms. The Morgan fingerprint density at radius 3 is 2.59 bits per heavy atom. The first kappa shape index (κ1) is 18.6. The van der Waals surface area contributed by atoms with E-state index in [2.05, 4.69) is 25.8 Å². The summed E-state index contributed by atoms with van der Waals surface area (Å²) in [5.74, 6) is 0.973. The lowest BCUT2D eigenvalue weighted by Crippen LogP contribution is -2.31. The van der Waals surface area contributed by atoms with Crippen LogP contribution in [0.1, 0.15) is 36.1 Å². The van der Waals surface area contributed by atoms with E-state index in [4.69, 9.17) is 11.6 Å². The lowest BCUT2D eigenvalue weighted by molar-refractivity contribution is 0.101. The van der Waals surface area contributed by atoms with Crippen molar-refractivity contribution in [2.75, 3.05) is 5.32 Å². The molecule has 2 aromatic carbocycles. The van der Waals surface area contributed by atoms with Gasteiger partial charge in [0, 0.05) is 21.8 Å². The molecule has 0 aliphatic carbocycles. The van der Waals surface area contributed by atoms with Gasteiger partial charge in [0.25, 0.3) is 0 Å². The van der Waals surface area contributed by atoms with Crippen molar-refractivity contribution in [1.29, 1.82) is 0 Å². The van der Waals surface area contributed by atoms with Gasteiger partial charge in [-0.25, -0.2) is 9.78 Å². The summed E-state index contributed by atoms with van der Waals surface area (Å²) in [5.41, 5.74) is 1.88. The Bertz CT molecular complexity index is 968. The summed E-state index contributed by atoms with van der Waals surface area (Å²) in [6.45, 7) is 3.27. The number of urea groups is 1. The molecule has 0 bridgehead atoms. The largest absolute Gasteiger partial charge is 0.328 e. The van der Waals surface area contributed by atoms with E-state index < -0.39 is 12.1 Å². The fourth-order valence-electron chi connectivity index (χ4n) is 2.44. The monoisotopic (exact) mass is 383 g/mol. The molecule has 7 nitrogen and oxygen atoms in total. The molecule has 0 saturated heterocycles. The summed E-state index contributed by atoms with van der Waals surface area (Å²) >= 11 is 5.88. The Balaban J connectivity index is 1.64. The number of hydrogen-bond acceptors (Lipinski definition) is 4. The van der Waals surface area contributed by atoms with Gasteiger partial charge in [0.1, 0.15) is 5.82 Å². The Kier molecular flexibility index (Phi) is 5.52. The highest BCUT2D eigenvalue weighted by Crippen LogP contribution is 2.19. The third-order valence-electron chi connectivity index (χ3n) is 3.89. The van der Waals surface area contributed by atoms with Crippen LogP contribution in [0.25, 0.3) is 11.4 Å². The number of amides is 2. The van der Waals surface area contributed by atoms with Gasteiger partial charge in [0.05, 0.1) is 6.04 Å². The van der Waals surface area contributed by atoms with Crippen molar-refractivity contribution in [2.45, 2.75) is 19.9 Å². The molecule has 3 N–H and O–H groups in total. The second-order valence-electron chi connectivity index (χ2n) is 6.01. The van der Waals surface area contributed by atoms with Crippen LogP contribution in [0.15, 0.2) is 48.5 Å². The first-order chi connectivity index (χ1) is 12.9. The molecule has 0 aliphatic heterocycles. The third kappa shape index (κ3) is 4.71. The van der Waals surface area contributed by atoms with Gasteiger partial charge in [-0.15, -0.1) is 0 Å². The summed E-state index contributed by atoms with van der Waals surface area (Å²) in [5, 5.41) is 13.1. The minimum Gasteiger partial charge on any atom is -0.328 e. The molecular formula is C19H18ClN5O2. The van der Waals surface area contributed by atoms with Crippen LogP contribution in [-0.4, -0.2) is 27.0 Å². The molecule has 1 heterocycles. The van der Waals surface area contributed by atoms with Crippen molar-refractivity contribution in [3.8, 4) is 11.4 Å². The van der Waals surface area contributed by atoms with Gasteiger partial charge in [0.15, 0.2) is 11.6 Å². The van der Waals surface area contributed by atoms with Crippen LogP contribution in [-0.2, 0) is 0 Å². The molecular weight excluding hydrogens is 366 g/mol. The van der Waals surface area contributed by atoms with Crippen LogP contribution in [0, 0.1) is 0 Å². The van der Waals surface area contributed by atoms with Crippen LogP contribution >= 0.6 is 11.6 Å². The van der Waals surface area contributed by atoms with E-state index in [9.17, 15) is 9.59 Å². The van der Waals surface area contributed by atoms with Crippen LogP contribution in [0.2, 0.25) is 5.02 Å². The van der Waals surface area contributed by atoms with E-state index in [-0.39, 0.29) is 5.78 Å². The number of nitrogens with zero attached hydrogens (tertiary/aromatic N) is 2. The van der Waals surface area contributed by atoms with Gasteiger partial charge < -0.3 is 10.6 Å². The van der Waals surface area contributed by atoms with Crippen molar-refractivity contribution in [3.05, 3.63) is 64.9 Å². The highest BCUT2D eigenvalue weighted by molar-refractivity contribution is 6.30. The summed E-state index contributed by atoms with van der Waals surface area (Å²) in [6, 6.07) is 13.1. The molecule has 0 radical (unpaired) electrons.